The second-order valence-electron chi connectivity index (χ2n) is 12.9. The third-order valence-electron chi connectivity index (χ3n) is 8.66. The molecule has 41 heavy (non-hydrogen) atoms. The summed E-state index contributed by atoms with van der Waals surface area (Å²) in [5.41, 5.74) is 8.28. The van der Waals surface area contributed by atoms with E-state index in [2.05, 4.69) is 50.0 Å². The smallest absolute Gasteiger partial charge is 0.410 e. The van der Waals surface area contributed by atoms with Gasteiger partial charge < -0.3 is 19.3 Å². The Balaban J connectivity index is 1.58. The molecule has 0 saturated carbocycles. The van der Waals surface area contributed by atoms with Gasteiger partial charge in [0.1, 0.15) is 5.60 Å². The van der Waals surface area contributed by atoms with Gasteiger partial charge in [-0.25, -0.2) is 4.79 Å². The van der Waals surface area contributed by atoms with Crippen molar-refractivity contribution in [2.75, 3.05) is 37.7 Å². The number of carbonyl (C=O) groups excluding carboxylic acids is 2. The first-order valence-electron chi connectivity index (χ1n) is 15.5. The lowest BCUT2D eigenvalue weighted by atomic mass is 9.84. The van der Waals surface area contributed by atoms with Crippen molar-refractivity contribution in [2.45, 2.75) is 98.6 Å². The molecule has 3 aliphatic rings. The van der Waals surface area contributed by atoms with E-state index in [0.29, 0.717) is 19.1 Å². The Bertz CT molecular complexity index is 1210. The summed E-state index contributed by atoms with van der Waals surface area (Å²) in [5.74, 6) is 0.239. The highest BCUT2D eigenvalue weighted by Gasteiger charge is 2.27. The van der Waals surface area contributed by atoms with E-state index in [4.69, 9.17) is 9.47 Å². The molecule has 1 fully saturated rings. The van der Waals surface area contributed by atoms with E-state index in [1.54, 1.807) is 11.0 Å². The predicted octanol–water partition coefficient (Wildman–Crippen LogP) is 7.44. The van der Waals surface area contributed by atoms with Crippen molar-refractivity contribution in [3.63, 3.8) is 0 Å². The molecule has 1 aromatic carbocycles. The first-order chi connectivity index (χ1) is 19.5. The lowest BCUT2D eigenvalue weighted by Crippen LogP contribution is -2.40. The molecule has 1 saturated heterocycles. The van der Waals surface area contributed by atoms with Crippen LogP contribution in [0.15, 0.2) is 41.5 Å². The molecule has 6 heteroatoms. The minimum Gasteiger partial charge on any atom is -0.444 e. The van der Waals surface area contributed by atoms with Crippen LogP contribution in [0.25, 0.3) is 5.57 Å². The van der Waals surface area contributed by atoms with Crippen molar-refractivity contribution < 1.29 is 19.1 Å². The lowest BCUT2D eigenvalue weighted by Gasteiger charge is -2.37. The molecule has 1 atom stereocenters. The molecule has 1 aromatic rings. The molecule has 0 aromatic heterocycles. The molecule has 0 spiro atoms. The number of anilines is 1. The zero-order chi connectivity index (χ0) is 29.7. The highest BCUT2D eigenvalue weighted by Crippen LogP contribution is 2.35. The van der Waals surface area contributed by atoms with Gasteiger partial charge in [0, 0.05) is 50.5 Å². The van der Waals surface area contributed by atoms with Crippen LogP contribution in [0.4, 0.5) is 10.5 Å². The fourth-order valence-corrected chi connectivity index (χ4v) is 6.46. The van der Waals surface area contributed by atoms with Gasteiger partial charge in [-0.05, 0) is 127 Å². The standard InChI is InChI=1S/C35H50N2O4/c1-8-37(30-14-18-40-19-15-30)32-23-29(27-12-16-36(17-13-27)34(39)41-35(5,6)7)22-28(26(32)4)10-9-11-31-25(3)20-24(2)21-33(31)38/h12,20-23,30-31H,8-11,13-19H2,1-7H3. The molecule has 2 aliphatic heterocycles. The van der Waals surface area contributed by atoms with Crippen molar-refractivity contribution in [1.29, 1.82) is 0 Å². The molecule has 0 bridgehead atoms. The van der Waals surface area contributed by atoms with Gasteiger partial charge in [-0.2, -0.15) is 0 Å². The normalized spacial score (nSPS) is 20.4. The average molecular weight is 563 g/mol. The number of aryl methyl sites for hydroxylation is 1. The minimum absolute atomic E-state index is 0.00377. The number of hydrogen-bond donors (Lipinski definition) is 0. The topological polar surface area (TPSA) is 59.1 Å². The summed E-state index contributed by atoms with van der Waals surface area (Å²) in [7, 11) is 0. The van der Waals surface area contributed by atoms with Crippen LogP contribution in [0.1, 0.15) is 90.3 Å². The highest BCUT2D eigenvalue weighted by molar-refractivity contribution is 5.96. The van der Waals surface area contributed by atoms with Crippen LogP contribution < -0.4 is 4.90 Å². The monoisotopic (exact) mass is 562 g/mol. The number of nitrogens with zero attached hydrogens (tertiary/aromatic N) is 2. The molecule has 0 radical (unpaired) electrons. The van der Waals surface area contributed by atoms with Crippen LogP contribution in [-0.4, -0.2) is 61.3 Å². The van der Waals surface area contributed by atoms with Crippen molar-refractivity contribution in [3.05, 3.63) is 58.2 Å². The molecule has 2 heterocycles. The molecule has 4 rings (SSSR count). The van der Waals surface area contributed by atoms with Crippen molar-refractivity contribution in [3.8, 4) is 0 Å². The van der Waals surface area contributed by atoms with Gasteiger partial charge in [0.25, 0.3) is 0 Å². The molecule has 1 unspecified atom stereocenters. The average Bonchev–Trinajstić information content (AvgIpc) is 2.92. The van der Waals surface area contributed by atoms with E-state index < -0.39 is 5.60 Å². The fourth-order valence-electron chi connectivity index (χ4n) is 6.46. The Morgan fingerprint density at radius 3 is 2.46 bits per heavy atom. The molecular formula is C35H50N2O4. The maximum Gasteiger partial charge on any atom is 0.410 e. The van der Waals surface area contributed by atoms with Crippen LogP contribution in [0.5, 0.6) is 0 Å². The fraction of sp³-hybridized carbons (Fsp3) is 0.600. The Morgan fingerprint density at radius 1 is 1.12 bits per heavy atom. The number of ether oxygens (including phenoxy) is 2. The Morgan fingerprint density at radius 2 is 1.85 bits per heavy atom. The van der Waals surface area contributed by atoms with Crippen molar-refractivity contribution >= 4 is 23.1 Å². The van der Waals surface area contributed by atoms with Gasteiger partial charge in [0.15, 0.2) is 5.78 Å². The summed E-state index contributed by atoms with van der Waals surface area (Å²) < 4.78 is 11.3. The van der Waals surface area contributed by atoms with E-state index >= 15 is 0 Å². The lowest BCUT2D eigenvalue weighted by molar-refractivity contribution is -0.117. The molecule has 1 aliphatic carbocycles. The van der Waals surface area contributed by atoms with Crippen molar-refractivity contribution in [1.82, 2.24) is 4.90 Å². The van der Waals surface area contributed by atoms with E-state index in [1.807, 2.05) is 27.7 Å². The number of benzene rings is 1. The van der Waals surface area contributed by atoms with Gasteiger partial charge in [-0.1, -0.05) is 23.8 Å². The SMILES string of the molecule is CCN(c1cc(C2=CCN(C(=O)OC(C)(C)C)CC2)cc(CCCC2C(=O)C=C(C)C=C2C)c1C)C1CCOCC1. The Kier molecular flexibility index (Phi) is 10.2. The zero-order valence-electron chi connectivity index (χ0n) is 26.3. The number of allylic oxidation sites excluding steroid dienone is 4. The largest absolute Gasteiger partial charge is 0.444 e. The van der Waals surface area contributed by atoms with Crippen LogP contribution in [0.3, 0.4) is 0 Å². The van der Waals surface area contributed by atoms with E-state index in [0.717, 1.165) is 63.9 Å². The second kappa shape index (κ2) is 13.4. The summed E-state index contributed by atoms with van der Waals surface area (Å²) in [5, 5.41) is 0. The number of carbonyl (C=O) groups is 2. The van der Waals surface area contributed by atoms with Gasteiger partial charge in [0.2, 0.25) is 0 Å². The molecule has 224 valence electrons. The molecule has 6 nitrogen and oxygen atoms in total. The van der Waals surface area contributed by atoms with E-state index in [1.165, 1.54) is 33.5 Å². The first kappa shape index (κ1) is 31.1. The quantitative estimate of drug-likeness (QED) is 0.330. The molecular weight excluding hydrogens is 512 g/mol. The number of hydrogen-bond acceptors (Lipinski definition) is 5. The van der Waals surface area contributed by atoms with Gasteiger partial charge >= 0.3 is 6.09 Å². The maximum absolute atomic E-state index is 12.7. The third-order valence-corrected chi connectivity index (χ3v) is 8.66. The van der Waals surface area contributed by atoms with E-state index in [9.17, 15) is 9.59 Å². The first-order valence-corrected chi connectivity index (χ1v) is 15.5. The molecule has 1 amide bonds. The van der Waals surface area contributed by atoms with Crippen LogP contribution in [-0.2, 0) is 20.7 Å². The van der Waals surface area contributed by atoms with Gasteiger partial charge in [-0.15, -0.1) is 0 Å². The Hall–Kier alpha value is -2.86. The third kappa shape index (κ3) is 7.91. The molecule has 0 N–H and O–H groups in total. The summed E-state index contributed by atoms with van der Waals surface area (Å²) in [4.78, 5) is 29.7. The van der Waals surface area contributed by atoms with Gasteiger partial charge in [-0.3, -0.25) is 4.79 Å². The summed E-state index contributed by atoms with van der Waals surface area (Å²) in [6, 6.07) is 5.21. The number of rotatable bonds is 8. The predicted molar refractivity (Wildman–Crippen MR) is 167 cm³/mol. The summed E-state index contributed by atoms with van der Waals surface area (Å²) in [6.45, 7) is 18.1. The number of amides is 1. The maximum atomic E-state index is 12.7. The second-order valence-corrected chi connectivity index (χ2v) is 12.9. The van der Waals surface area contributed by atoms with Crippen LogP contribution >= 0.6 is 0 Å². The van der Waals surface area contributed by atoms with E-state index in [-0.39, 0.29) is 17.8 Å². The van der Waals surface area contributed by atoms with Crippen LogP contribution in [0, 0.1) is 12.8 Å². The number of ketones is 1. The Labute approximate surface area is 247 Å². The zero-order valence-corrected chi connectivity index (χ0v) is 26.3. The summed E-state index contributed by atoms with van der Waals surface area (Å²) >= 11 is 0. The summed E-state index contributed by atoms with van der Waals surface area (Å²) in [6.07, 6.45) is 11.6. The van der Waals surface area contributed by atoms with Gasteiger partial charge in [0.05, 0.1) is 0 Å². The minimum atomic E-state index is -0.499. The highest BCUT2D eigenvalue weighted by atomic mass is 16.6. The van der Waals surface area contributed by atoms with Crippen LogP contribution in [0.2, 0.25) is 0 Å². The van der Waals surface area contributed by atoms with Crippen molar-refractivity contribution in [2.24, 2.45) is 5.92 Å².